The normalized spacial score (nSPS) is 15.3. The second kappa shape index (κ2) is 4.30. The van der Waals surface area contributed by atoms with E-state index in [-0.39, 0.29) is 6.61 Å². The zero-order chi connectivity index (χ0) is 5.70. The molecular formula is C4H7BrO2. The summed E-state index contributed by atoms with van der Waals surface area (Å²) in [5, 5.41) is 15.9. The summed E-state index contributed by atoms with van der Waals surface area (Å²) in [6, 6.07) is 0. The van der Waals surface area contributed by atoms with E-state index in [1.54, 1.807) is 0 Å². The van der Waals surface area contributed by atoms with Crippen molar-refractivity contribution in [2.75, 3.05) is 6.61 Å². The number of halogens is 1. The van der Waals surface area contributed by atoms with Gasteiger partial charge in [0.2, 0.25) is 0 Å². The number of aliphatic hydroxyl groups excluding tert-OH is 2. The van der Waals surface area contributed by atoms with Crippen molar-refractivity contribution in [1.82, 2.24) is 0 Å². The Morgan fingerprint density at radius 3 is 2.43 bits per heavy atom. The van der Waals surface area contributed by atoms with Crippen LogP contribution in [0.1, 0.15) is 0 Å². The van der Waals surface area contributed by atoms with Crippen LogP contribution >= 0.6 is 15.9 Å². The van der Waals surface area contributed by atoms with Crippen LogP contribution in [0.25, 0.3) is 0 Å². The van der Waals surface area contributed by atoms with Gasteiger partial charge in [-0.1, -0.05) is 22.0 Å². The molecule has 0 aliphatic carbocycles. The van der Waals surface area contributed by atoms with Gasteiger partial charge in [0.25, 0.3) is 0 Å². The molecule has 42 valence electrons. The van der Waals surface area contributed by atoms with E-state index in [1.807, 2.05) is 0 Å². The van der Waals surface area contributed by atoms with Crippen LogP contribution in [0.2, 0.25) is 0 Å². The van der Waals surface area contributed by atoms with Crippen LogP contribution in [0.15, 0.2) is 12.2 Å². The lowest BCUT2D eigenvalue weighted by Crippen LogP contribution is -1.86. The van der Waals surface area contributed by atoms with E-state index in [0.717, 1.165) is 0 Å². The first-order valence-corrected chi connectivity index (χ1v) is 2.78. The molecule has 1 atom stereocenters. The van der Waals surface area contributed by atoms with Crippen LogP contribution < -0.4 is 0 Å². The average Bonchev–Trinajstić information content (AvgIpc) is 1.61. The first-order valence-electron chi connectivity index (χ1n) is 1.87. The van der Waals surface area contributed by atoms with Crippen molar-refractivity contribution in [3.63, 3.8) is 0 Å². The summed E-state index contributed by atoms with van der Waals surface area (Å²) in [6.07, 6.45) is 2.90. The van der Waals surface area contributed by atoms with Gasteiger partial charge >= 0.3 is 0 Å². The van der Waals surface area contributed by atoms with E-state index in [2.05, 4.69) is 15.9 Å². The monoisotopic (exact) mass is 166 g/mol. The second-order valence-corrected chi connectivity index (χ2v) is 1.92. The molecule has 0 radical (unpaired) electrons. The molecule has 2 nitrogen and oxygen atoms in total. The first kappa shape index (κ1) is 7.14. The lowest BCUT2D eigenvalue weighted by atomic mass is 10.5. The average molecular weight is 167 g/mol. The third-order valence-corrected chi connectivity index (χ3v) is 0.706. The lowest BCUT2D eigenvalue weighted by molar-refractivity contribution is 0.310. The van der Waals surface area contributed by atoms with Gasteiger partial charge in [-0.15, -0.1) is 0 Å². The maximum atomic E-state index is 8.40. The fraction of sp³-hybridized carbons (Fsp3) is 0.500. The molecule has 0 bridgehead atoms. The van der Waals surface area contributed by atoms with Gasteiger partial charge in [0.15, 0.2) is 0 Å². The molecule has 0 saturated heterocycles. The van der Waals surface area contributed by atoms with Crippen molar-refractivity contribution < 1.29 is 10.2 Å². The highest BCUT2D eigenvalue weighted by molar-refractivity contribution is 9.09. The minimum Gasteiger partial charge on any atom is -0.392 e. The minimum absolute atomic E-state index is 0.0251. The Balaban J connectivity index is 3.08. The van der Waals surface area contributed by atoms with Gasteiger partial charge in [-0.3, -0.25) is 0 Å². The number of hydrogen-bond donors (Lipinski definition) is 2. The van der Waals surface area contributed by atoms with E-state index in [4.69, 9.17) is 10.2 Å². The van der Waals surface area contributed by atoms with Crippen molar-refractivity contribution in [2.45, 2.75) is 5.01 Å². The van der Waals surface area contributed by atoms with Gasteiger partial charge in [0, 0.05) is 0 Å². The zero-order valence-corrected chi connectivity index (χ0v) is 5.30. The topological polar surface area (TPSA) is 40.5 Å². The van der Waals surface area contributed by atoms with E-state index >= 15 is 0 Å². The van der Waals surface area contributed by atoms with E-state index < -0.39 is 5.01 Å². The highest BCUT2D eigenvalue weighted by atomic mass is 79.9. The number of hydrogen-bond acceptors (Lipinski definition) is 2. The van der Waals surface area contributed by atoms with Gasteiger partial charge < -0.3 is 10.2 Å². The van der Waals surface area contributed by atoms with Crippen molar-refractivity contribution in [3.8, 4) is 0 Å². The third-order valence-electron chi connectivity index (χ3n) is 0.400. The van der Waals surface area contributed by atoms with Crippen LogP contribution in [-0.2, 0) is 0 Å². The van der Waals surface area contributed by atoms with E-state index in [0.29, 0.717) is 0 Å². The summed E-state index contributed by atoms with van der Waals surface area (Å²) in [5.74, 6) is 0. The molecule has 0 spiro atoms. The minimum atomic E-state index is -0.625. The predicted molar refractivity (Wildman–Crippen MR) is 31.2 cm³/mol. The summed E-state index contributed by atoms with van der Waals surface area (Å²) in [7, 11) is 0. The van der Waals surface area contributed by atoms with Crippen LogP contribution in [0, 0.1) is 0 Å². The highest BCUT2D eigenvalue weighted by Crippen LogP contribution is 1.92. The van der Waals surface area contributed by atoms with Crippen molar-refractivity contribution >= 4 is 15.9 Å². The van der Waals surface area contributed by atoms with Crippen molar-refractivity contribution in [2.24, 2.45) is 0 Å². The first-order chi connectivity index (χ1) is 3.27. The maximum Gasteiger partial charge on any atom is 0.127 e. The molecule has 0 rings (SSSR count). The molecule has 0 aliphatic rings. The van der Waals surface area contributed by atoms with Gasteiger partial charge in [-0.05, 0) is 6.08 Å². The van der Waals surface area contributed by atoms with E-state index in [1.165, 1.54) is 12.2 Å². The Hall–Kier alpha value is 0.140. The summed E-state index contributed by atoms with van der Waals surface area (Å²) in [5.41, 5.74) is 0. The van der Waals surface area contributed by atoms with Crippen molar-refractivity contribution in [1.29, 1.82) is 0 Å². The highest BCUT2D eigenvalue weighted by Gasteiger charge is 1.82. The molecule has 3 heteroatoms. The standard InChI is InChI=1S/C4H7BrO2/c5-4(7)2-1-3-6/h1-2,4,6-7H,3H2. The van der Waals surface area contributed by atoms with Crippen LogP contribution in [0.3, 0.4) is 0 Å². The predicted octanol–water partition coefficient (Wildman–Crippen LogP) is 0.248. The van der Waals surface area contributed by atoms with Crippen LogP contribution in [0.4, 0.5) is 0 Å². The van der Waals surface area contributed by atoms with Gasteiger partial charge in [0.05, 0.1) is 6.61 Å². The SMILES string of the molecule is OCC=CC(O)Br. The molecule has 1 unspecified atom stereocenters. The molecule has 7 heavy (non-hydrogen) atoms. The second-order valence-electron chi connectivity index (χ2n) is 0.983. The van der Waals surface area contributed by atoms with Crippen LogP contribution in [-0.4, -0.2) is 21.8 Å². The number of rotatable bonds is 2. The molecule has 0 aromatic carbocycles. The summed E-state index contributed by atoms with van der Waals surface area (Å²) >= 11 is 2.83. The molecule has 0 fully saturated rings. The quantitative estimate of drug-likeness (QED) is 0.457. The molecule has 0 amide bonds. The molecular weight excluding hydrogens is 160 g/mol. The zero-order valence-electron chi connectivity index (χ0n) is 3.71. The molecule has 0 aromatic rings. The molecule has 2 N–H and O–H groups in total. The molecule has 0 saturated carbocycles. The van der Waals surface area contributed by atoms with Gasteiger partial charge in [0.1, 0.15) is 5.01 Å². The number of alkyl halides is 1. The maximum absolute atomic E-state index is 8.40. The Labute approximate surface area is 50.6 Å². The fourth-order valence-electron chi connectivity index (χ4n) is 0.173. The molecule has 0 aromatic heterocycles. The Morgan fingerprint density at radius 1 is 1.71 bits per heavy atom. The third kappa shape index (κ3) is 6.14. The Morgan fingerprint density at radius 2 is 2.29 bits per heavy atom. The van der Waals surface area contributed by atoms with Crippen molar-refractivity contribution in [3.05, 3.63) is 12.2 Å². The van der Waals surface area contributed by atoms with Gasteiger partial charge in [-0.2, -0.15) is 0 Å². The van der Waals surface area contributed by atoms with Gasteiger partial charge in [-0.25, -0.2) is 0 Å². The Bertz CT molecular complexity index is 60.7. The largest absolute Gasteiger partial charge is 0.392 e. The fourth-order valence-corrected chi connectivity index (χ4v) is 0.389. The summed E-state index contributed by atoms with van der Waals surface area (Å²) in [4.78, 5) is 0. The van der Waals surface area contributed by atoms with E-state index in [9.17, 15) is 0 Å². The molecule has 0 aliphatic heterocycles. The van der Waals surface area contributed by atoms with Crippen LogP contribution in [0.5, 0.6) is 0 Å². The lowest BCUT2D eigenvalue weighted by Gasteiger charge is -1.86. The summed E-state index contributed by atoms with van der Waals surface area (Å²) < 4.78 is 0. The Kier molecular flexibility index (Phi) is 4.39. The smallest absolute Gasteiger partial charge is 0.127 e. The molecule has 0 heterocycles. The summed E-state index contributed by atoms with van der Waals surface area (Å²) in [6.45, 7) is -0.0251. The number of aliphatic hydroxyl groups is 2.